The van der Waals surface area contributed by atoms with Crippen molar-refractivity contribution in [1.29, 1.82) is 0 Å². The molecule has 0 aliphatic carbocycles. The highest BCUT2D eigenvalue weighted by Gasteiger charge is 2.22. The molecule has 0 aromatic heterocycles. The Hall–Kier alpha value is -2.31. The zero-order chi connectivity index (χ0) is 14.8. The van der Waals surface area contributed by atoms with Crippen LogP contribution in [0.15, 0.2) is 12.1 Å². The summed E-state index contributed by atoms with van der Waals surface area (Å²) in [7, 11) is 0. The van der Waals surface area contributed by atoms with Crippen molar-refractivity contribution in [2.24, 2.45) is 5.73 Å². The van der Waals surface area contributed by atoms with Gasteiger partial charge in [-0.2, -0.15) is 0 Å². The molecule has 1 aromatic rings. The standard InChI is InChI=1S/C12H16FN3O3/c1-12(2,5-10(15)17)16-9-4-7(13)6(11(18)19)3-8(9)14/h3-4,16H,5,14H2,1-2H3,(H2,15,17)(H,18,19). The van der Waals surface area contributed by atoms with Gasteiger partial charge in [0.25, 0.3) is 0 Å². The number of nitrogen functional groups attached to an aromatic ring is 1. The van der Waals surface area contributed by atoms with Gasteiger partial charge in [0.15, 0.2) is 0 Å². The molecule has 1 aromatic carbocycles. The molecule has 0 heterocycles. The van der Waals surface area contributed by atoms with Crippen molar-refractivity contribution < 1.29 is 19.1 Å². The van der Waals surface area contributed by atoms with E-state index in [0.29, 0.717) is 0 Å². The normalized spacial score (nSPS) is 11.1. The van der Waals surface area contributed by atoms with E-state index in [2.05, 4.69) is 5.32 Å². The maximum atomic E-state index is 13.6. The van der Waals surface area contributed by atoms with Crippen LogP contribution in [0.1, 0.15) is 30.6 Å². The molecule has 0 aliphatic heterocycles. The molecule has 0 saturated carbocycles. The second-order valence-electron chi connectivity index (χ2n) is 4.88. The molecule has 19 heavy (non-hydrogen) atoms. The molecule has 0 spiro atoms. The quantitative estimate of drug-likeness (QED) is 0.598. The van der Waals surface area contributed by atoms with Gasteiger partial charge in [0, 0.05) is 12.0 Å². The van der Waals surface area contributed by atoms with Crippen molar-refractivity contribution in [3.8, 4) is 0 Å². The lowest BCUT2D eigenvalue weighted by atomic mass is 9.99. The molecule has 0 saturated heterocycles. The number of rotatable bonds is 5. The van der Waals surface area contributed by atoms with Crippen LogP contribution in [-0.2, 0) is 4.79 Å². The van der Waals surface area contributed by atoms with Crippen LogP contribution in [-0.4, -0.2) is 22.5 Å². The fraction of sp³-hybridized carbons (Fsp3) is 0.333. The van der Waals surface area contributed by atoms with Crippen LogP contribution in [0.5, 0.6) is 0 Å². The minimum absolute atomic E-state index is 0.0226. The maximum Gasteiger partial charge on any atom is 0.338 e. The van der Waals surface area contributed by atoms with Crippen molar-refractivity contribution in [3.05, 3.63) is 23.5 Å². The molecule has 0 atom stereocenters. The largest absolute Gasteiger partial charge is 0.478 e. The van der Waals surface area contributed by atoms with Crippen LogP contribution in [0.2, 0.25) is 0 Å². The Bertz CT molecular complexity index is 529. The van der Waals surface area contributed by atoms with E-state index in [1.807, 2.05) is 0 Å². The van der Waals surface area contributed by atoms with Crippen LogP contribution in [0.25, 0.3) is 0 Å². The smallest absolute Gasteiger partial charge is 0.338 e. The van der Waals surface area contributed by atoms with Gasteiger partial charge in [0.1, 0.15) is 5.82 Å². The predicted molar refractivity (Wildman–Crippen MR) is 69.3 cm³/mol. The summed E-state index contributed by atoms with van der Waals surface area (Å²) in [6.45, 7) is 3.39. The zero-order valence-corrected chi connectivity index (χ0v) is 10.7. The number of nitrogens with two attached hydrogens (primary N) is 2. The Kier molecular flexibility index (Phi) is 3.98. The van der Waals surface area contributed by atoms with Crippen LogP contribution >= 0.6 is 0 Å². The molecular formula is C12H16FN3O3. The predicted octanol–water partition coefficient (Wildman–Crippen LogP) is 1.17. The van der Waals surface area contributed by atoms with E-state index < -0.39 is 28.8 Å². The summed E-state index contributed by atoms with van der Waals surface area (Å²) in [4.78, 5) is 21.6. The van der Waals surface area contributed by atoms with Crippen molar-refractivity contribution in [1.82, 2.24) is 0 Å². The first-order valence-electron chi connectivity index (χ1n) is 5.51. The zero-order valence-electron chi connectivity index (χ0n) is 10.7. The van der Waals surface area contributed by atoms with Crippen LogP contribution in [0, 0.1) is 5.82 Å². The number of primary amides is 1. The first-order valence-corrected chi connectivity index (χ1v) is 5.51. The van der Waals surface area contributed by atoms with E-state index in [4.69, 9.17) is 16.6 Å². The van der Waals surface area contributed by atoms with Gasteiger partial charge in [-0.3, -0.25) is 4.79 Å². The van der Waals surface area contributed by atoms with E-state index in [1.54, 1.807) is 13.8 Å². The fourth-order valence-electron chi connectivity index (χ4n) is 1.71. The van der Waals surface area contributed by atoms with E-state index in [-0.39, 0.29) is 17.8 Å². The molecular weight excluding hydrogens is 253 g/mol. The number of carbonyl (C=O) groups excluding carboxylic acids is 1. The third-order valence-electron chi connectivity index (χ3n) is 2.46. The Labute approximate surface area is 109 Å². The highest BCUT2D eigenvalue weighted by atomic mass is 19.1. The summed E-state index contributed by atoms with van der Waals surface area (Å²) in [6.07, 6.45) is 0.0226. The minimum atomic E-state index is -1.40. The van der Waals surface area contributed by atoms with Gasteiger partial charge in [-0.15, -0.1) is 0 Å². The Balaban J connectivity index is 3.06. The van der Waals surface area contributed by atoms with Crippen LogP contribution < -0.4 is 16.8 Å². The average molecular weight is 269 g/mol. The van der Waals surface area contributed by atoms with E-state index in [0.717, 1.165) is 12.1 Å². The number of carboxylic acids is 1. The fourth-order valence-corrected chi connectivity index (χ4v) is 1.71. The Morgan fingerprint density at radius 2 is 2.00 bits per heavy atom. The summed E-state index contributed by atoms with van der Waals surface area (Å²) >= 11 is 0. The summed E-state index contributed by atoms with van der Waals surface area (Å²) in [5.74, 6) is -2.81. The number of benzene rings is 1. The molecule has 0 radical (unpaired) electrons. The summed E-state index contributed by atoms with van der Waals surface area (Å²) in [5.41, 5.74) is 9.83. The van der Waals surface area contributed by atoms with E-state index >= 15 is 0 Å². The second-order valence-corrected chi connectivity index (χ2v) is 4.88. The number of amides is 1. The second kappa shape index (κ2) is 5.13. The number of carboxylic acid groups (broad SMARTS) is 1. The van der Waals surface area contributed by atoms with Gasteiger partial charge in [0.05, 0.1) is 16.9 Å². The monoisotopic (exact) mass is 269 g/mol. The summed E-state index contributed by atoms with van der Waals surface area (Å²) in [5, 5.41) is 11.6. The molecule has 6 N–H and O–H groups in total. The average Bonchev–Trinajstić information content (AvgIpc) is 2.19. The van der Waals surface area contributed by atoms with Gasteiger partial charge in [0.2, 0.25) is 5.91 Å². The number of anilines is 2. The lowest BCUT2D eigenvalue weighted by Gasteiger charge is -2.27. The lowest BCUT2D eigenvalue weighted by molar-refractivity contribution is -0.118. The van der Waals surface area contributed by atoms with Crippen molar-refractivity contribution in [2.45, 2.75) is 25.8 Å². The number of carbonyl (C=O) groups is 2. The molecule has 1 amide bonds. The highest BCUT2D eigenvalue weighted by molar-refractivity contribution is 5.91. The van der Waals surface area contributed by atoms with Crippen molar-refractivity contribution >= 4 is 23.3 Å². The van der Waals surface area contributed by atoms with Gasteiger partial charge in [-0.1, -0.05) is 0 Å². The molecule has 6 nitrogen and oxygen atoms in total. The third kappa shape index (κ3) is 3.84. The van der Waals surface area contributed by atoms with Gasteiger partial charge in [-0.25, -0.2) is 9.18 Å². The molecule has 0 unspecified atom stereocenters. The first kappa shape index (κ1) is 14.7. The molecule has 7 heteroatoms. The Morgan fingerprint density at radius 1 is 1.42 bits per heavy atom. The van der Waals surface area contributed by atoms with Gasteiger partial charge < -0.3 is 21.9 Å². The van der Waals surface area contributed by atoms with Crippen molar-refractivity contribution in [3.63, 3.8) is 0 Å². The van der Waals surface area contributed by atoms with Gasteiger partial charge >= 0.3 is 5.97 Å². The first-order chi connectivity index (χ1) is 8.62. The molecule has 1 rings (SSSR count). The molecule has 104 valence electrons. The molecule has 0 aliphatic rings. The highest BCUT2D eigenvalue weighted by Crippen LogP contribution is 2.27. The van der Waals surface area contributed by atoms with E-state index in [9.17, 15) is 14.0 Å². The third-order valence-corrected chi connectivity index (χ3v) is 2.46. The molecule has 0 bridgehead atoms. The number of hydrogen-bond acceptors (Lipinski definition) is 4. The maximum absolute atomic E-state index is 13.6. The topological polar surface area (TPSA) is 118 Å². The Morgan fingerprint density at radius 3 is 2.47 bits per heavy atom. The van der Waals surface area contributed by atoms with Crippen molar-refractivity contribution in [2.75, 3.05) is 11.1 Å². The van der Waals surface area contributed by atoms with Crippen LogP contribution in [0.3, 0.4) is 0 Å². The minimum Gasteiger partial charge on any atom is -0.478 e. The summed E-state index contributed by atoms with van der Waals surface area (Å²) in [6, 6.07) is 2.02. The van der Waals surface area contributed by atoms with Crippen LogP contribution in [0.4, 0.5) is 15.8 Å². The summed E-state index contributed by atoms with van der Waals surface area (Å²) < 4.78 is 13.6. The number of nitrogens with one attached hydrogen (secondary N) is 1. The number of aromatic carboxylic acids is 1. The van der Waals surface area contributed by atoms with Gasteiger partial charge in [-0.05, 0) is 26.0 Å². The SMILES string of the molecule is CC(C)(CC(N)=O)Nc1cc(F)c(C(=O)O)cc1N. The number of halogens is 1. The lowest BCUT2D eigenvalue weighted by Crippen LogP contribution is -2.36. The molecule has 0 fully saturated rings. The van der Waals surface area contributed by atoms with E-state index in [1.165, 1.54) is 0 Å². The number of hydrogen-bond donors (Lipinski definition) is 4.